The Morgan fingerprint density at radius 1 is 1.21 bits per heavy atom. The summed E-state index contributed by atoms with van der Waals surface area (Å²) >= 11 is 0. The van der Waals surface area contributed by atoms with E-state index < -0.39 is 0 Å². The Hall–Kier alpha value is -2.68. The lowest BCUT2D eigenvalue weighted by Gasteiger charge is -2.25. The van der Waals surface area contributed by atoms with E-state index in [0.717, 1.165) is 30.8 Å². The average molecular weight is 322 g/mol. The van der Waals surface area contributed by atoms with Gasteiger partial charge in [0.2, 0.25) is 11.9 Å². The minimum absolute atomic E-state index is 0.287. The molecule has 1 heterocycles. The third-order valence-electron chi connectivity index (χ3n) is 3.93. The van der Waals surface area contributed by atoms with Gasteiger partial charge in [-0.2, -0.15) is 20.2 Å². The summed E-state index contributed by atoms with van der Waals surface area (Å²) in [7, 11) is 0. The van der Waals surface area contributed by atoms with Gasteiger partial charge in [0.15, 0.2) is 0 Å². The monoisotopic (exact) mass is 322 g/mol. The van der Waals surface area contributed by atoms with Gasteiger partial charge in [-0.3, -0.25) is 0 Å². The summed E-state index contributed by atoms with van der Waals surface area (Å²) in [6.45, 7) is 5.83. The Morgan fingerprint density at radius 3 is 2.50 bits per heavy atom. The van der Waals surface area contributed by atoms with Gasteiger partial charge in [-0.05, 0) is 36.5 Å². The van der Waals surface area contributed by atoms with Crippen LogP contribution in [0.5, 0.6) is 0 Å². The number of nitrogens with zero attached hydrogens (tertiary/aromatic N) is 5. The number of hydrogen-bond acceptors (Lipinski definition) is 6. The highest BCUT2D eigenvalue weighted by molar-refractivity contribution is 5.39. The summed E-state index contributed by atoms with van der Waals surface area (Å²) in [5.41, 5.74) is 7.67. The van der Waals surface area contributed by atoms with Crippen molar-refractivity contribution in [2.24, 2.45) is 5.92 Å². The second kappa shape index (κ2) is 6.83. The molecule has 1 aromatic heterocycles. The topological polar surface area (TPSA) is 91.7 Å². The molecule has 1 aromatic carbocycles. The molecule has 0 aliphatic heterocycles. The quantitative estimate of drug-likeness (QED) is 0.879. The second-order valence-electron chi connectivity index (χ2n) is 6.71. The number of rotatable bonds is 6. The van der Waals surface area contributed by atoms with Crippen LogP contribution in [0.1, 0.15) is 49.6 Å². The van der Waals surface area contributed by atoms with Crippen molar-refractivity contribution in [2.45, 2.75) is 39.2 Å². The van der Waals surface area contributed by atoms with Crippen LogP contribution in [0.2, 0.25) is 0 Å². The first-order chi connectivity index (χ1) is 11.5. The average Bonchev–Trinajstić information content (AvgIpc) is 3.39. The molecule has 124 valence electrons. The largest absolute Gasteiger partial charge is 0.368 e. The molecule has 2 aromatic rings. The summed E-state index contributed by atoms with van der Waals surface area (Å²) in [6.07, 6.45) is 2.26. The minimum atomic E-state index is 0.287. The molecule has 1 aliphatic carbocycles. The van der Waals surface area contributed by atoms with E-state index in [1.54, 1.807) is 0 Å². The molecule has 6 nitrogen and oxygen atoms in total. The van der Waals surface area contributed by atoms with E-state index in [1.165, 1.54) is 0 Å². The van der Waals surface area contributed by atoms with E-state index in [-0.39, 0.29) is 5.95 Å². The van der Waals surface area contributed by atoms with Gasteiger partial charge < -0.3 is 10.6 Å². The predicted molar refractivity (Wildman–Crippen MR) is 93.3 cm³/mol. The van der Waals surface area contributed by atoms with Gasteiger partial charge in [-0.15, -0.1) is 0 Å². The molecule has 0 unspecified atom stereocenters. The molecule has 1 saturated carbocycles. The van der Waals surface area contributed by atoms with E-state index in [9.17, 15) is 0 Å². The van der Waals surface area contributed by atoms with Crippen molar-refractivity contribution < 1.29 is 0 Å². The first-order valence-corrected chi connectivity index (χ1v) is 8.30. The normalized spacial score (nSPS) is 13.8. The van der Waals surface area contributed by atoms with E-state index in [4.69, 9.17) is 11.0 Å². The Bertz CT molecular complexity index is 743. The van der Waals surface area contributed by atoms with Crippen molar-refractivity contribution in [3.05, 3.63) is 41.2 Å². The highest BCUT2D eigenvalue weighted by Gasteiger charge is 2.28. The van der Waals surface area contributed by atoms with E-state index >= 15 is 0 Å². The maximum Gasteiger partial charge on any atom is 0.230 e. The molecule has 6 heteroatoms. The van der Waals surface area contributed by atoms with E-state index in [2.05, 4.69) is 39.8 Å². The maximum absolute atomic E-state index is 8.93. The highest BCUT2D eigenvalue weighted by atomic mass is 15.3. The molecule has 1 aliphatic rings. The van der Waals surface area contributed by atoms with Crippen LogP contribution in [0.3, 0.4) is 0 Å². The lowest BCUT2D eigenvalue weighted by atomic mass is 10.1. The molecule has 3 rings (SSSR count). The number of nitrogens with two attached hydrogens (primary N) is 1. The molecular formula is C18H22N6. The van der Waals surface area contributed by atoms with Crippen LogP contribution in [0.4, 0.5) is 11.9 Å². The molecule has 24 heavy (non-hydrogen) atoms. The number of benzene rings is 1. The van der Waals surface area contributed by atoms with Crippen LogP contribution in [-0.2, 0) is 6.54 Å². The number of nitrogen functional groups attached to an aromatic ring is 1. The first kappa shape index (κ1) is 16.2. The molecule has 2 N–H and O–H groups in total. The second-order valence-corrected chi connectivity index (χ2v) is 6.71. The SMILES string of the molecule is CC(C)CN(Cc1ccc(C#N)cc1)c1nc(N)nc(C2CC2)n1. The summed E-state index contributed by atoms with van der Waals surface area (Å²) < 4.78 is 0. The zero-order chi connectivity index (χ0) is 17.1. The molecule has 0 radical (unpaired) electrons. The molecule has 0 bridgehead atoms. The molecule has 0 spiro atoms. The fraction of sp³-hybridized carbons (Fsp3) is 0.444. The Labute approximate surface area is 142 Å². The molecular weight excluding hydrogens is 300 g/mol. The minimum Gasteiger partial charge on any atom is -0.368 e. The van der Waals surface area contributed by atoms with Gasteiger partial charge in [0, 0.05) is 19.0 Å². The lowest BCUT2D eigenvalue weighted by molar-refractivity contribution is 0.596. The van der Waals surface area contributed by atoms with E-state index in [0.29, 0.717) is 29.9 Å². The van der Waals surface area contributed by atoms with Gasteiger partial charge >= 0.3 is 0 Å². The summed E-state index contributed by atoms with van der Waals surface area (Å²) in [5, 5.41) is 8.93. The van der Waals surface area contributed by atoms with Crippen LogP contribution >= 0.6 is 0 Å². The van der Waals surface area contributed by atoms with Crippen molar-refractivity contribution in [1.82, 2.24) is 15.0 Å². The van der Waals surface area contributed by atoms with Crippen LogP contribution in [-0.4, -0.2) is 21.5 Å². The Kier molecular flexibility index (Phi) is 4.61. The lowest BCUT2D eigenvalue weighted by Crippen LogP contribution is -2.29. The summed E-state index contributed by atoms with van der Waals surface area (Å²) in [5.74, 6) is 2.64. The molecule has 0 atom stereocenters. The van der Waals surface area contributed by atoms with Crippen LogP contribution in [0.25, 0.3) is 0 Å². The smallest absolute Gasteiger partial charge is 0.230 e. The zero-order valence-corrected chi connectivity index (χ0v) is 14.1. The number of anilines is 2. The summed E-state index contributed by atoms with van der Waals surface area (Å²) in [4.78, 5) is 15.4. The van der Waals surface area contributed by atoms with Crippen molar-refractivity contribution in [2.75, 3.05) is 17.2 Å². The van der Waals surface area contributed by atoms with Gasteiger partial charge in [0.25, 0.3) is 0 Å². The van der Waals surface area contributed by atoms with Crippen molar-refractivity contribution in [3.8, 4) is 6.07 Å². The van der Waals surface area contributed by atoms with Crippen LogP contribution in [0, 0.1) is 17.2 Å². The van der Waals surface area contributed by atoms with Gasteiger partial charge in [-0.25, -0.2) is 0 Å². The molecule has 1 fully saturated rings. The number of hydrogen-bond donors (Lipinski definition) is 1. The van der Waals surface area contributed by atoms with Gasteiger partial charge in [0.05, 0.1) is 11.6 Å². The summed E-state index contributed by atoms with van der Waals surface area (Å²) in [6, 6.07) is 9.75. The zero-order valence-electron chi connectivity index (χ0n) is 14.1. The van der Waals surface area contributed by atoms with E-state index in [1.807, 2.05) is 24.3 Å². The Balaban J connectivity index is 1.86. The number of nitriles is 1. The predicted octanol–water partition coefficient (Wildman–Crippen LogP) is 2.87. The fourth-order valence-corrected chi connectivity index (χ4v) is 2.63. The van der Waals surface area contributed by atoms with Crippen molar-refractivity contribution in [1.29, 1.82) is 5.26 Å². The first-order valence-electron chi connectivity index (χ1n) is 8.30. The third-order valence-corrected chi connectivity index (χ3v) is 3.93. The van der Waals surface area contributed by atoms with Crippen LogP contribution < -0.4 is 10.6 Å². The fourth-order valence-electron chi connectivity index (χ4n) is 2.63. The van der Waals surface area contributed by atoms with Crippen LogP contribution in [0.15, 0.2) is 24.3 Å². The molecule has 0 amide bonds. The highest BCUT2D eigenvalue weighted by Crippen LogP contribution is 2.38. The van der Waals surface area contributed by atoms with Crippen molar-refractivity contribution in [3.63, 3.8) is 0 Å². The molecule has 0 saturated heterocycles. The van der Waals surface area contributed by atoms with Gasteiger partial charge in [-0.1, -0.05) is 26.0 Å². The van der Waals surface area contributed by atoms with Gasteiger partial charge in [0.1, 0.15) is 5.82 Å². The standard InChI is InChI=1S/C18H22N6/c1-12(2)10-24(11-14-5-3-13(9-19)4-6-14)18-22-16(15-7-8-15)21-17(20)23-18/h3-6,12,15H,7-8,10-11H2,1-2H3,(H2,20,21,22,23). The Morgan fingerprint density at radius 2 is 1.92 bits per heavy atom. The maximum atomic E-state index is 8.93. The number of aromatic nitrogens is 3. The van der Waals surface area contributed by atoms with Crippen molar-refractivity contribution >= 4 is 11.9 Å². The third kappa shape index (κ3) is 3.99.